The van der Waals surface area contributed by atoms with Crippen LogP contribution >= 0.6 is 12.2 Å². The molecule has 6 heteroatoms. The maximum absolute atomic E-state index is 12.5. The summed E-state index contributed by atoms with van der Waals surface area (Å²) in [6.45, 7) is 4.23. The van der Waals surface area contributed by atoms with Crippen LogP contribution in [0.4, 0.5) is 5.69 Å². The van der Waals surface area contributed by atoms with Crippen molar-refractivity contribution in [2.24, 2.45) is 0 Å². The Bertz CT molecular complexity index is 1520. The van der Waals surface area contributed by atoms with Gasteiger partial charge in [-0.15, -0.1) is 0 Å². The number of anilines is 1. The number of carbonyl (C=O) groups is 1. The van der Waals surface area contributed by atoms with Gasteiger partial charge in [-0.05, 0) is 77.3 Å². The van der Waals surface area contributed by atoms with Crippen LogP contribution in [-0.2, 0) is 0 Å². The molecule has 5 rings (SSSR count). The number of oxazole rings is 1. The molecule has 0 atom stereocenters. The minimum absolute atomic E-state index is 0.215. The highest BCUT2D eigenvalue weighted by Crippen LogP contribution is 2.28. The van der Waals surface area contributed by atoms with Gasteiger partial charge in [-0.25, -0.2) is 4.98 Å². The Morgan fingerprint density at radius 2 is 1.50 bits per heavy atom. The standard InChI is InChI=1S/C30H25N3O2S/c1-19(2)20-8-12-23(13-9-20)28(34)33-30(36)31-25-16-17-27-26(18-25)32-29(35-27)24-14-10-22(11-15-24)21-6-4-3-5-7-21/h3-19H,1-2H3,(H2,31,33,34,36). The molecule has 2 N–H and O–H groups in total. The van der Waals surface area contributed by atoms with Crippen molar-refractivity contribution >= 4 is 40.0 Å². The van der Waals surface area contributed by atoms with Gasteiger partial charge >= 0.3 is 0 Å². The van der Waals surface area contributed by atoms with E-state index in [0.717, 1.165) is 16.7 Å². The van der Waals surface area contributed by atoms with E-state index in [0.29, 0.717) is 34.2 Å². The van der Waals surface area contributed by atoms with Gasteiger partial charge in [0.15, 0.2) is 10.7 Å². The van der Waals surface area contributed by atoms with Gasteiger partial charge in [-0.3, -0.25) is 10.1 Å². The molecule has 1 heterocycles. The molecule has 0 aliphatic carbocycles. The third-order valence-electron chi connectivity index (χ3n) is 5.95. The first-order chi connectivity index (χ1) is 17.5. The number of nitrogens with one attached hydrogen (secondary N) is 2. The van der Waals surface area contributed by atoms with Crippen LogP contribution in [0.1, 0.15) is 35.7 Å². The molecule has 5 aromatic rings. The van der Waals surface area contributed by atoms with Crippen LogP contribution in [0.2, 0.25) is 0 Å². The fourth-order valence-corrected chi connectivity index (χ4v) is 4.13. The summed E-state index contributed by atoms with van der Waals surface area (Å²) in [4.78, 5) is 17.2. The lowest BCUT2D eigenvalue weighted by molar-refractivity contribution is 0.0977. The molecule has 178 valence electrons. The number of thiocarbonyl (C=S) groups is 1. The smallest absolute Gasteiger partial charge is 0.257 e. The zero-order chi connectivity index (χ0) is 25.1. The number of hydrogen-bond donors (Lipinski definition) is 2. The van der Waals surface area contributed by atoms with E-state index in [9.17, 15) is 4.79 Å². The highest BCUT2D eigenvalue weighted by molar-refractivity contribution is 7.80. The molecule has 5 nitrogen and oxygen atoms in total. The number of amides is 1. The second-order valence-electron chi connectivity index (χ2n) is 8.83. The van der Waals surface area contributed by atoms with E-state index in [4.69, 9.17) is 16.6 Å². The zero-order valence-electron chi connectivity index (χ0n) is 20.0. The van der Waals surface area contributed by atoms with Gasteiger partial charge in [0, 0.05) is 16.8 Å². The van der Waals surface area contributed by atoms with Gasteiger partial charge in [0.05, 0.1) is 0 Å². The number of nitrogens with zero attached hydrogens (tertiary/aromatic N) is 1. The monoisotopic (exact) mass is 491 g/mol. The normalized spacial score (nSPS) is 11.0. The molecular weight excluding hydrogens is 466 g/mol. The van der Waals surface area contributed by atoms with Crippen LogP contribution in [0.15, 0.2) is 101 Å². The number of fused-ring (bicyclic) bond motifs is 1. The van der Waals surface area contributed by atoms with Crippen LogP contribution < -0.4 is 10.6 Å². The molecule has 0 saturated carbocycles. The van der Waals surface area contributed by atoms with Gasteiger partial charge in [-0.1, -0.05) is 68.4 Å². The lowest BCUT2D eigenvalue weighted by Gasteiger charge is -2.10. The summed E-state index contributed by atoms with van der Waals surface area (Å²) in [6, 6.07) is 31.4. The van der Waals surface area contributed by atoms with Crippen molar-refractivity contribution in [3.63, 3.8) is 0 Å². The van der Waals surface area contributed by atoms with E-state index in [1.165, 1.54) is 5.56 Å². The number of rotatable bonds is 5. The largest absolute Gasteiger partial charge is 0.436 e. The molecule has 0 bridgehead atoms. The van der Waals surface area contributed by atoms with Crippen molar-refractivity contribution in [3.8, 4) is 22.6 Å². The Balaban J connectivity index is 1.26. The van der Waals surface area contributed by atoms with Gasteiger partial charge in [-0.2, -0.15) is 0 Å². The summed E-state index contributed by atoms with van der Waals surface area (Å²) < 4.78 is 5.97. The van der Waals surface area contributed by atoms with Crippen molar-refractivity contribution in [1.82, 2.24) is 10.3 Å². The molecule has 0 radical (unpaired) electrons. The van der Waals surface area contributed by atoms with Crippen LogP contribution in [0.25, 0.3) is 33.7 Å². The Kier molecular flexibility index (Phi) is 6.60. The predicted molar refractivity (Wildman–Crippen MR) is 149 cm³/mol. The van der Waals surface area contributed by atoms with Crippen LogP contribution in [0.5, 0.6) is 0 Å². The molecule has 1 amide bonds. The van der Waals surface area contributed by atoms with E-state index in [-0.39, 0.29) is 11.0 Å². The van der Waals surface area contributed by atoms with E-state index in [1.54, 1.807) is 0 Å². The fourth-order valence-electron chi connectivity index (χ4n) is 3.92. The minimum Gasteiger partial charge on any atom is -0.436 e. The van der Waals surface area contributed by atoms with E-state index < -0.39 is 0 Å². The molecule has 0 fully saturated rings. The van der Waals surface area contributed by atoms with Gasteiger partial charge in [0.1, 0.15) is 5.52 Å². The topological polar surface area (TPSA) is 67.2 Å². The third kappa shape index (κ3) is 5.19. The molecule has 1 aromatic heterocycles. The summed E-state index contributed by atoms with van der Waals surface area (Å²) in [5, 5.41) is 6.00. The summed E-state index contributed by atoms with van der Waals surface area (Å²) in [5.41, 5.74) is 7.00. The summed E-state index contributed by atoms with van der Waals surface area (Å²) >= 11 is 5.35. The Hall–Kier alpha value is -4.29. The first kappa shape index (κ1) is 23.5. The second-order valence-corrected chi connectivity index (χ2v) is 9.24. The molecule has 0 saturated heterocycles. The molecule has 4 aromatic carbocycles. The maximum Gasteiger partial charge on any atom is 0.257 e. The van der Waals surface area contributed by atoms with Crippen molar-refractivity contribution in [2.45, 2.75) is 19.8 Å². The number of carbonyl (C=O) groups excluding carboxylic acids is 1. The molecule has 0 aliphatic rings. The van der Waals surface area contributed by atoms with Crippen LogP contribution in [-0.4, -0.2) is 16.0 Å². The highest BCUT2D eigenvalue weighted by Gasteiger charge is 2.12. The maximum atomic E-state index is 12.5. The van der Waals surface area contributed by atoms with Gasteiger partial charge in [0.2, 0.25) is 5.89 Å². The summed E-state index contributed by atoms with van der Waals surface area (Å²) in [5.74, 6) is 0.694. The lowest BCUT2D eigenvalue weighted by atomic mass is 10.0. The minimum atomic E-state index is -0.258. The highest BCUT2D eigenvalue weighted by atomic mass is 32.1. The first-order valence-electron chi connectivity index (χ1n) is 11.7. The van der Waals surface area contributed by atoms with Crippen molar-refractivity contribution in [3.05, 3.63) is 108 Å². The lowest BCUT2D eigenvalue weighted by Crippen LogP contribution is -2.34. The van der Waals surface area contributed by atoms with Crippen molar-refractivity contribution in [1.29, 1.82) is 0 Å². The number of aromatic nitrogens is 1. The Morgan fingerprint density at radius 3 is 2.19 bits per heavy atom. The van der Waals surface area contributed by atoms with E-state index in [2.05, 4.69) is 53.7 Å². The van der Waals surface area contributed by atoms with Crippen LogP contribution in [0, 0.1) is 0 Å². The molecular formula is C30H25N3O2S. The molecule has 0 aliphatic heterocycles. The number of benzene rings is 4. The second kappa shape index (κ2) is 10.1. The fraction of sp³-hybridized carbons (Fsp3) is 0.100. The van der Waals surface area contributed by atoms with Gasteiger partial charge in [0.25, 0.3) is 5.91 Å². The third-order valence-corrected chi connectivity index (χ3v) is 6.16. The predicted octanol–water partition coefficient (Wildman–Crippen LogP) is 7.41. The Labute approximate surface area is 215 Å². The molecule has 0 spiro atoms. The van der Waals surface area contributed by atoms with Crippen molar-refractivity contribution < 1.29 is 9.21 Å². The SMILES string of the molecule is CC(C)c1ccc(C(=O)NC(=S)Nc2ccc3oc(-c4ccc(-c5ccccc5)cc4)nc3c2)cc1. The van der Waals surface area contributed by atoms with E-state index in [1.807, 2.05) is 72.8 Å². The van der Waals surface area contributed by atoms with Crippen molar-refractivity contribution in [2.75, 3.05) is 5.32 Å². The molecule has 0 unspecified atom stereocenters. The first-order valence-corrected chi connectivity index (χ1v) is 12.2. The quantitative estimate of drug-likeness (QED) is 0.251. The number of hydrogen-bond acceptors (Lipinski definition) is 4. The average molecular weight is 492 g/mol. The molecule has 36 heavy (non-hydrogen) atoms. The van der Waals surface area contributed by atoms with Crippen LogP contribution in [0.3, 0.4) is 0 Å². The zero-order valence-corrected chi connectivity index (χ0v) is 20.8. The van der Waals surface area contributed by atoms with E-state index >= 15 is 0 Å². The van der Waals surface area contributed by atoms with Gasteiger partial charge < -0.3 is 9.73 Å². The average Bonchev–Trinajstić information content (AvgIpc) is 3.33. The Morgan fingerprint density at radius 1 is 0.833 bits per heavy atom. The summed E-state index contributed by atoms with van der Waals surface area (Å²) in [6.07, 6.45) is 0. The summed E-state index contributed by atoms with van der Waals surface area (Å²) in [7, 11) is 0.